The number of carbonyl (C=O) groups is 2. The summed E-state index contributed by atoms with van der Waals surface area (Å²) in [4.78, 5) is 34.8. The van der Waals surface area contributed by atoms with Gasteiger partial charge in [0, 0.05) is 55.6 Å². The Morgan fingerprint density at radius 2 is 1.79 bits per heavy atom. The van der Waals surface area contributed by atoms with Crippen molar-refractivity contribution >= 4 is 17.5 Å². The third-order valence-corrected chi connectivity index (χ3v) is 9.08. The Hall–Kier alpha value is -5.18. The van der Waals surface area contributed by atoms with Gasteiger partial charge in [0.05, 0.1) is 18.3 Å². The van der Waals surface area contributed by atoms with Crippen LogP contribution in [-0.2, 0) is 22.6 Å². The second kappa shape index (κ2) is 16.4. The number of hydrogen-bond donors (Lipinski definition) is 4. The number of ether oxygens (including phenoxy) is 1. The van der Waals surface area contributed by atoms with E-state index in [1.807, 2.05) is 58.7 Å². The summed E-state index contributed by atoms with van der Waals surface area (Å²) in [6.07, 6.45) is -2.35. The monoisotopic (exact) mass is 719 g/mol. The number of amides is 2. The molecule has 4 heterocycles. The predicted octanol–water partition coefficient (Wildman–Crippen LogP) is 4.55. The summed E-state index contributed by atoms with van der Waals surface area (Å²) in [7, 11) is 0. The van der Waals surface area contributed by atoms with E-state index in [1.165, 1.54) is 0 Å². The number of nitrogens with zero attached hydrogens (tertiary/aromatic N) is 3. The Balaban J connectivity index is 1.15. The minimum atomic E-state index is -4.60. The molecule has 2 amide bonds. The summed E-state index contributed by atoms with van der Waals surface area (Å²) in [5.41, 5.74) is 2.37. The lowest BCUT2D eigenvalue weighted by Crippen LogP contribution is -2.60. The number of rotatable bonds is 13. The molecular formula is C38H40F3N5O6. The van der Waals surface area contributed by atoms with Gasteiger partial charge in [0.2, 0.25) is 11.8 Å². The molecular weight excluding hydrogens is 679 g/mol. The van der Waals surface area contributed by atoms with E-state index in [0.29, 0.717) is 35.9 Å². The van der Waals surface area contributed by atoms with E-state index in [-0.39, 0.29) is 50.5 Å². The summed E-state index contributed by atoms with van der Waals surface area (Å²) in [6.45, 7) is -0.543. The topological polar surface area (TPSA) is 140 Å². The van der Waals surface area contributed by atoms with Crippen LogP contribution in [0.25, 0.3) is 17.0 Å². The molecule has 0 saturated carbocycles. The molecule has 0 bridgehead atoms. The number of fused-ring (bicyclic) bond motifs is 1. The predicted molar refractivity (Wildman–Crippen MR) is 186 cm³/mol. The van der Waals surface area contributed by atoms with Crippen LogP contribution in [0.2, 0.25) is 0 Å². The van der Waals surface area contributed by atoms with Gasteiger partial charge >= 0.3 is 6.18 Å². The van der Waals surface area contributed by atoms with Crippen molar-refractivity contribution < 1.29 is 42.1 Å². The molecule has 3 atom stereocenters. The van der Waals surface area contributed by atoms with Crippen molar-refractivity contribution in [2.24, 2.45) is 5.92 Å². The van der Waals surface area contributed by atoms with Crippen LogP contribution in [0.1, 0.15) is 23.3 Å². The van der Waals surface area contributed by atoms with Crippen LogP contribution in [0.5, 0.6) is 5.75 Å². The fourth-order valence-electron chi connectivity index (χ4n) is 6.53. The van der Waals surface area contributed by atoms with E-state index in [1.54, 1.807) is 47.6 Å². The lowest BCUT2D eigenvalue weighted by molar-refractivity contribution is -0.143. The van der Waals surface area contributed by atoms with Gasteiger partial charge in [-0.2, -0.15) is 13.2 Å². The van der Waals surface area contributed by atoms with Crippen LogP contribution in [0.3, 0.4) is 0 Å². The minimum Gasteiger partial charge on any atom is -0.507 e. The van der Waals surface area contributed by atoms with Crippen molar-refractivity contribution in [3.63, 3.8) is 0 Å². The molecule has 2 aromatic heterocycles. The van der Waals surface area contributed by atoms with E-state index in [0.717, 1.165) is 11.1 Å². The molecule has 1 saturated heterocycles. The van der Waals surface area contributed by atoms with Gasteiger partial charge in [0.15, 0.2) is 5.76 Å². The van der Waals surface area contributed by atoms with Gasteiger partial charge in [-0.1, -0.05) is 48.5 Å². The molecule has 14 heteroatoms. The second-order valence-corrected chi connectivity index (χ2v) is 13.0. The van der Waals surface area contributed by atoms with Crippen LogP contribution in [-0.4, -0.2) is 94.5 Å². The molecule has 2 aromatic carbocycles. The summed E-state index contributed by atoms with van der Waals surface area (Å²) in [5, 5.41) is 26.9. The van der Waals surface area contributed by atoms with E-state index in [9.17, 15) is 33.0 Å². The SMILES string of the molecule is O=C(NC1=C(O)COc2ccccc21)[C@H](Cc1cccnc1)C[C@H](O)CN1CCN(Cc2ccc(-c3ccccc3)o2)C[C@H]1C(=O)NCC(F)(F)F. The summed E-state index contributed by atoms with van der Waals surface area (Å²) in [5.74, 6) is -0.413. The Labute approximate surface area is 298 Å². The van der Waals surface area contributed by atoms with Gasteiger partial charge in [0.1, 0.15) is 36.5 Å². The molecule has 4 N–H and O–H groups in total. The zero-order chi connectivity index (χ0) is 36.7. The van der Waals surface area contributed by atoms with Crippen LogP contribution in [0.4, 0.5) is 13.2 Å². The lowest BCUT2D eigenvalue weighted by Gasteiger charge is -2.41. The third-order valence-electron chi connectivity index (χ3n) is 9.08. The maximum absolute atomic E-state index is 13.8. The fraction of sp³-hybridized carbons (Fsp3) is 0.342. The fourth-order valence-corrected chi connectivity index (χ4v) is 6.53. The smallest absolute Gasteiger partial charge is 0.405 e. The molecule has 2 aliphatic heterocycles. The van der Waals surface area contributed by atoms with Gasteiger partial charge < -0.3 is 30.0 Å². The van der Waals surface area contributed by atoms with E-state index < -0.39 is 42.6 Å². The number of benzene rings is 2. The number of piperazine rings is 1. The molecule has 2 aliphatic rings. The number of alkyl halides is 3. The highest BCUT2D eigenvalue weighted by atomic mass is 19.4. The van der Waals surface area contributed by atoms with Gasteiger partial charge in [0.25, 0.3) is 0 Å². The Morgan fingerprint density at radius 1 is 1.00 bits per heavy atom. The van der Waals surface area contributed by atoms with Crippen molar-refractivity contribution in [3.8, 4) is 17.1 Å². The highest BCUT2D eigenvalue weighted by Crippen LogP contribution is 2.31. The summed E-state index contributed by atoms with van der Waals surface area (Å²) >= 11 is 0. The van der Waals surface area contributed by atoms with Crippen LogP contribution in [0.15, 0.2) is 101 Å². The summed E-state index contributed by atoms with van der Waals surface area (Å²) in [6, 6.07) is 22.7. The summed E-state index contributed by atoms with van der Waals surface area (Å²) < 4.78 is 50.9. The first kappa shape index (κ1) is 36.6. The van der Waals surface area contributed by atoms with E-state index in [4.69, 9.17) is 9.15 Å². The zero-order valence-corrected chi connectivity index (χ0v) is 28.3. The van der Waals surface area contributed by atoms with Crippen molar-refractivity contribution in [2.45, 2.75) is 37.7 Å². The molecule has 0 radical (unpaired) electrons. The zero-order valence-electron chi connectivity index (χ0n) is 28.3. The number of halogens is 3. The van der Waals surface area contributed by atoms with Crippen LogP contribution < -0.4 is 15.4 Å². The molecule has 274 valence electrons. The van der Waals surface area contributed by atoms with Crippen LogP contribution >= 0.6 is 0 Å². The number of aromatic nitrogens is 1. The first-order valence-electron chi connectivity index (χ1n) is 17.0. The molecule has 6 rings (SSSR count). The molecule has 0 aliphatic carbocycles. The van der Waals surface area contributed by atoms with Crippen LogP contribution in [0, 0.1) is 5.92 Å². The number of furan rings is 1. The Kier molecular flexibility index (Phi) is 11.6. The number of pyridine rings is 1. The maximum Gasteiger partial charge on any atom is 0.405 e. The normalized spacial score (nSPS) is 17.9. The van der Waals surface area contributed by atoms with Gasteiger partial charge in [-0.15, -0.1) is 0 Å². The van der Waals surface area contributed by atoms with Crippen molar-refractivity contribution in [3.05, 3.63) is 114 Å². The standard InChI is InChI=1S/C38H40F3N5O6/c39-38(40,41)24-43-37(50)31-22-45(21-29-12-13-33(52-29)26-8-2-1-3-9-26)15-16-46(31)20-28(47)18-27(17-25-7-6-14-42-19-25)36(49)44-35-30-10-4-5-11-34(30)51-23-32(35)48/h1-14,19,27-28,31,47-48H,15-18,20-24H2,(H,43,50)(H,44,49)/t27-,28+,31+/m1/s1. The molecule has 52 heavy (non-hydrogen) atoms. The van der Waals surface area contributed by atoms with Gasteiger partial charge in [-0.3, -0.25) is 24.4 Å². The maximum atomic E-state index is 13.8. The minimum absolute atomic E-state index is 0.0430. The van der Waals surface area contributed by atoms with Crippen molar-refractivity contribution in [1.29, 1.82) is 0 Å². The van der Waals surface area contributed by atoms with E-state index in [2.05, 4.69) is 10.3 Å². The van der Waals surface area contributed by atoms with Gasteiger partial charge in [-0.25, -0.2) is 0 Å². The Bertz CT molecular complexity index is 1850. The number of aliphatic hydroxyl groups excluding tert-OH is 2. The number of nitrogens with one attached hydrogen (secondary N) is 2. The quantitative estimate of drug-likeness (QED) is 0.157. The number of para-hydroxylation sites is 1. The highest BCUT2D eigenvalue weighted by Gasteiger charge is 2.37. The van der Waals surface area contributed by atoms with Crippen molar-refractivity contribution in [1.82, 2.24) is 25.4 Å². The number of carbonyl (C=O) groups excluding carboxylic acids is 2. The number of aliphatic hydroxyl groups is 2. The first-order chi connectivity index (χ1) is 25.0. The molecule has 4 aromatic rings. The third kappa shape index (κ3) is 9.57. The van der Waals surface area contributed by atoms with Crippen molar-refractivity contribution in [2.75, 3.05) is 39.3 Å². The number of hydrogen-bond acceptors (Lipinski definition) is 9. The molecule has 11 nitrogen and oxygen atoms in total. The highest BCUT2D eigenvalue weighted by molar-refractivity contribution is 5.90. The molecule has 0 spiro atoms. The molecule has 0 unspecified atom stereocenters. The largest absolute Gasteiger partial charge is 0.507 e. The average Bonchev–Trinajstić information content (AvgIpc) is 3.61. The average molecular weight is 720 g/mol. The molecule has 1 fully saturated rings. The first-order valence-corrected chi connectivity index (χ1v) is 17.0. The lowest BCUT2D eigenvalue weighted by atomic mass is 9.92. The van der Waals surface area contributed by atoms with E-state index >= 15 is 0 Å². The Morgan fingerprint density at radius 3 is 2.56 bits per heavy atom. The van der Waals surface area contributed by atoms with Gasteiger partial charge in [-0.05, 0) is 48.7 Å². The number of β-amino-alcohol motifs (C(OH)–C–C–N with tert-alkyl or cyclic N) is 1. The second-order valence-electron chi connectivity index (χ2n) is 13.0.